The minimum Gasteiger partial charge on any atom is -0.275 e. The molecule has 0 aliphatic heterocycles. The molecule has 0 bridgehead atoms. The van der Waals surface area contributed by atoms with Gasteiger partial charge in [-0.2, -0.15) is 0 Å². The first-order valence-electron chi connectivity index (χ1n) is 19.1. The summed E-state index contributed by atoms with van der Waals surface area (Å²) in [6.45, 7) is 6.03. The number of aromatic nitrogens is 5. The molecule has 0 saturated carbocycles. The van der Waals surface area contributed by atoms with Crippen LogP contribution < -0.4 is 5.56 Å². The van der Waals surface area contributed by atoms with Gasteiger partial charge in [-0.1, -0.05) is 73.3 Å². The Labute approximate surface area is 334 Å². The van der Waals surface area contributed by atoms with Crippen LogP contribution in [0.2, 0.25) is 0 Å². The molecule has 0 atom stereocenters. The Morgan fingerprint density at radius 2 is 1.22 bits per heavy atom. The number of fused-ring (bicyclic) bond motifs is 5. The van der Waals surface area contributed by atoms with Crippen molar-refractivity contribution in [3.8, 4) is 56.3 Å². The van der Waals surface area contributed by atoms with Crippen LogP contribution in [0.15, 0.2) is 193 Å². The highest BCUT2D eigenvalue weighted by Crippen LogP contribution is 2.42. The lowest BCUT2D eigenvalue weighted by Crippen LogP contribution is -2.13. The molecule has 0 aliphatic rings. The van der Waals surface area contributed by atoms with Crippen LogP contribution in [0.25, 0.3) is 94.3 Å². The van der Waals surface area contributed by atoms with Crippen LogP contribution in [0.3, 0.4) is 0 Å². The van der Waals surface area contributed by atoms with Gasteiger partial charge >= 0.3 is 0 Å². The second-order valence-corrected chi connectivity index (χ2v) is 14.1. The highest BCUT2D eigenvalue weighted by Gasteiger charge is 2.22. The number of pyridine rings is 5. The highest BCUT2D eigenvalue weighted by atomic mass is 16.1. The van der Waals surface area contributed by atoms with Crippen LogP contribution in [-0.4, -0.2) is 30.0 Å². The third kappa shape index (κ3) is 5.85. The van der Waals surface area contributed by atoms with E-state index < -0.39 is 0 Å². The molecular formula is C51H34N6O. The predicted octanol–water partition coefficient (Wildman–Crippen LogP) is 11.6. The lowest BCUT2D eigenvalue weighted by molar-refractivity contribution is 1.21. The first-order chi connectivity index (χ1) is 28.6. The fraction of sp³-hybridized carbons (Fsp3) is 0.0196. The van der Waals surface area contributed by atoms with E-state index in [2.05, 4.69) is 83.3 Å². The second-order valence-electron chi connectivity index (χ2n) is 14.1. The van der Waals surface area contributed by atoms with Crippen LogP contribution in [0.5, 0.6) is 0 Å². The van der Waals surface area contributed by atoms with E-state index in [4.69, 9.17) is 15.0 Å². The maximum atomic E-state index is 14.8. The van der Waals surface area contributed by atoms with Crippen LogP contribution in [0.4, 0.5) is 0 Å². The van der Waals surface area contributed by atoms with E-state index in [1.165, 1.54) is 0 Å². The van der Waals surface area contributed by atoms with Crippen molar-refractivity contribution in [1.82, 2.24) is 24.3 Å². The van der Waals surface area contributed by atoms with Crippen molar-refractivity contribution < 1.29 is 0 Å². The van der Waals surface area contributed by atoms with Gasteiger partial charge in [0.1, 0.15) is 0 Å². The number of benzene rings is 4. The number of nitrogens with zero attached hydrogens (tertiary/aromatic N) is 6. The summed E-state index contributed by atoms with van der Waals surface area (Å²) in [4.78, 5) is 38.4. The Kier molecular flexibility index (Phi) is 8.53. The molecule has 6 aromatic heterocycles. The molecule has 0 spiro atoms. The quantitative estimate of drug-likeness (QED) is 0.114. The standard InChI is InChI=1S/C51H34N6O/c1-3-22-52-42(4-2)35-26-34(27-36(28-35)43-15-7-10-23-53-43)37-20-21-40-38-19-18-32(31-48(38)57-50(40)49(37)39-13-5-6-14-41(39)51(57)58)33-29-46(44-16-8-11-24-54-44)56-47(30-33)45-17-9-12-25-55-45/h3-31H,2H2,1H3/b22-3-,52-42?. The third-order valence-electron chi connectivity index (χ3n) is 10.6. The van der Waals surface area contributed by atoms with E-state index in [0.717, 1.165) is 100 Å². The molecule has 0 N–H and O–H groups in total. The summed E-state index contributed by atoms with van der Waals surface area (Å²) in [5.74, 6) is 0. The molecule has 10 aromatic rings. The second kappa shape index (κ2) is 14.3. The Morgan fingerprint density at radius 1 is 0.586 bits per heavy atom. The molecule has 0 fully saturated rings. The Bertz CT molecular complexity index is 3260. The number of hydrogen-bond donors (Lipinski definition) is 0. The monoisotopic (exact) mass is 746 g/mol. The van der Waals surface area contributed by atoms with Crippen molar-refractivity contribution >= 4 is 43.7 Å². The average molecular weight is 747 g/mol. The molecule has 0 aliphatic carbocycles. The largest absolute Gasteiger partial charge is 0.275 e. The lowest BCUT2D eigenvalue weighted by atomic mass is 9.91. The Balaban J connectivity index is 1.25. The number of aliphatic imine (C=N–C) groups is 1. The predicted molar refractivity (Wildman–Crippen MR) is 237 cm³/mol. The van der Waals surface area contributed by atoms with Gasteiger partial charge in [0, 0.05) is 57.5 Å². The smallest absolute Gasteiger partial charge is 0.263 e. The molecule has 0 saturated heterocycles. The van der Waals surface area contributed by atoms with Gasteiger partial charge in [-0.15, -0.1) is 0 Å². The topological polar surface area (TPSA) is 85.4 Å². The fourth-order valence-electron chi connectivity index (χ4n) is 8.02. The van der Waals surface area contributed by atoms with Crippen LogP contribution in [0.1, 0.15) is 12.5 Å². The molecule has 0 amide bonds. The van der Waals surface area contributed by atoms with E-state index in [1.807, 2.05) is 90.2 Å². The van der Waals surface area contributed by atoms with Gasteiger partial charge in [0.15, 0.2) is 0 Å². The summed E-state index contributed by atoms with van der Waals surface area (Å²) in [6, 6.07) is 46.7. The zero-order valence-corrected chi connectivity index (χ0v) is 31.5. The summed E-state index contributed by atoms with van der Waals surface area (Å²) < 4.78 is 1.90. The lowest BCUT2D eigenvalue weighted by Gasteiger charge is -2.15. The average Bonchev–Trinajstić information content (AvgIpc) is 3.63. The van der Waals surface area contributed by atoms with Crippen molar-refractivity contribution in [2.24, 2.45) is 4.99 Å². The normalized spacial score (nSPS) is 12.1. The minimum absolute atomic E-state index is 0.0640. The van der Waals surface area contributed by atoms with Gasteiger partial charge in [-0.25, -0.2) is 4.98 Å². The minimum atomic E-state index is -0.0640. The van der Waals surface area contributed by atoms with Crippen molar-refractivity contribution in [1.29, 1.82) is 0 Å². The van der Waals surface area contributed by atoms with Crippen molar-refractivity contribution in [2.45, 2.75) is 6.92 Å². The Hall–Kier alpha value is -7.90. The number of rotatable bonds is 8. The summed E-state index contributed by atoms with van der Waals surface area (Å²) in [5.41, 5.74) is 12.0. The fourth-order valence-corrected chi connectivity index (χ4v) is 8.02. The molecular weight excluding hydrogens is 713 g/mol. The van der Waals surface area contributed by atoms with Gasteiger partial charge in [-0.3, -0.25) is 29.1 Å². The molecule has 10 rings (SSSR count). The van der Waals surface area contributed by atoms with Gasteiger partial charge in [0.2, 0.25) is 0 Å². The molecule has 7 heteroatoms. The Morgan fingerprint density at radius 3 is 1.88 bits per heavy atom. The van der Waals surface area contributed by atoms with Gasteiger partial charge in [-0.05, 0) is 120 Å². The van der Waals surface area contributed by atoms with Crippen LogP contribution in [-0.2, 0) is 0 Å². The number of allylic oxidation sites excluding steroid dienone is 2. The summed E-state index contributed by atoms with van der Waals surface area (Å²) in [6.07, 6.45) is 10.8. The molecule has 274 valence electrons. The zero-order chi connectivity index (χ0) is 39.2. The molecule has 6 heterocycles. The highest BCUT2D eigenvalue weighted by molar-refractivity contribution is 6.24. The molecule has 7 nitrogen and oxygen atoms in total. The summed E-state index contributed by atoms with van der Waals surface area (Å²) in [5, 5.41) is 4.54. The van der Waals surface area contributed by atoms with Crippen molar-refractivity contribution in [3.63, 3.8) is 0 Å². The van der Waals surface area contributed by atoms with E-state index in [1.54, 1.807) is 30.9 Å². The third-order valence-corrected chi connectivity index (χ3v) is 10.6. The molecule has 0 radical (unpaired) electrons. The maximum Gasteiger partial charge on any atom is 0.263 e. The van der Waals surface area contributed by atoms with E-state index in [0.29, 0.717) is 5.39 Å². The van der Waals surface area contributed by atoms with E-state index >= 15 is 0 Å². The van der Waals surface area contributed by atoms with Crippen molar-refractivity contribution in [3.05, 3.63) is 199 Å². The zero-order valence-electron chi connectivity index (χ0n) is 31.5. The summed E-state index contributed by atoms with van der Waals surface area (Å²) in [7, 11) is 0. The van der Waals surface area contributed by atoms with E-state index in [-0.39, 0.29) is 5.56 Å². The van der Waals surface area contributed by atoms with Crippen LogP contribution in [0, 0.1) is 0 Å². The molecule has 4 aromatic carbocycles. The SMILES string of the molecule is C=CC(=N/C=C\C)c1cc(-c2ccccn2)cc(-c2ccc3c4ccc(-c5cc(-c6ccccn6)nc(-c6ccccn6)c5)cc4n4c(=O)c5ccccc5c2c34)c1. The van der Waals surface area contributed by atoms with Crippen LogP contribution >= 0.6 is 0 Å². The maximum absolute atomic E-state index is 14.8. The molecule has 0 unspecified atom stereocenters. The van der Waals surface area contributed by atoms with Gasteiger partial charge < -0.3 is 0 Å². The van der Waals surface area contributed by atoms with Gasteiger partial charge in [0.25, 0.3) is 5.56 Å². The first kappa shape index (κ1) is 34.6. The van der Waals surface area contributed by atoms with Crippen molar-refractivity contribution in [2.75, 3.05) is 0 Å². The molecule has 58 heavy (non-hydrogen) atoms. The first-order valence-corrected chi connectivity index (χ1v) is 19.1. The number of hydrogen-bond acceptors (Lipinski definition) is 6. The van der Waals surface area contributed by atoms with E-state index in [9.17, 15) is 4.79 Å². The van der Waals surface area contributed by atoms with Gasteiger partial charge in [0.05, 0.1) is 45.2 Å². The summed E-state index contributed by atoms with van der Waals surface area (Å²) >= 11 is 0.